The molecule has 0 spiro atoms. The molecule has 7 heteroatoms. The molecule has 3 aromatic carbocycles. The molecule has 0 unspecified atom stereocenters. The van der Waals surface area contributed by atoms with Crippen LogP contribution in [-0.4, -0.2) is 65.3 Å². The number of ether oxygens (including phenoxy) is 1. The Kier molecular flexibility index (Phi) is 6.02. The van der Waals surface area contributed by atoms with Crippen LogP contribution in [0.5, 0.6) is 0 Å². The van der Waals surface area contributed by atoms with Crippen LogP contribution in [0.25, 0.3) is 10.8 Å². The van der Waals surface area contributed by atoms with Gasteiger partial charge in [0, 0.05) is 18.7 Å². The van der Waals surface area contributed by atoms with Crippen LogP contribution in [0.4, 0.5) is 0 Å². The molecule has 2 fully saturated rings. The maximum Gasteiger partial charge on any atom is 0.254 e. The molecule has 3 atom stereocenters. The van der Waals surface area contributed by atoms with Crippen LogP contribution in [0.3, 0.4) is 0 Å². The van der Waals surface area contributed by atoms with E-state index in [1.807, 2.05) is 72.8 Å². The van der Waals surface area contributed by atoms with E-state index < -0.39 is 18.2 Å². The molecule has 2 heterocycles. The van der Waals surface area contributed by atoms with Crippen LogP contribution in [0.2, 0.25) is 0 Å². The lowest BCUT2D eigenvalue weighted by molar-refractivity contribution is -0.156. The zero-order chi connectivity index (χ0) is 23.7. The fourth-order valence-corrected chi connectivity index (χ4v) is 4.67. The molecule has 3 amide bonds. The summed E-state index contributed by atoms with van der Waals surface area (Å²) in [4.78, 5) is 42.5. The number of rotatable bonds is 5. The van der Waals surface area contributed by atoms with Gasteiger partial charge in [0.05, 0.1) is 19.3 Å². The molecule has 0 radical (unpaired) electrons. The van der Waals surface area contributed by atoms with Gasteiger partial charge >= 0.3 is 0 Å². The summed E-state index contributed by atoms with van der Waals surface area (Å²) in [7, 11) is 0. The summed E-state index contributed by atoms with van der Waals surface area (Å²) in [6.07, 6.45) is -0.477. The van der Waals surface area contributed by atoms with Gasteiger partial charge in [0.15, 0.2) is 0 Å². The van der Waals surface area contributed by atoms with Crippen LogP contribution in [0, 0.1) is 0 Å². The lowest BCUT2D eigenvalue weighted by Crippen LogP contribution is -2.71. The van der Waals surface area contributed by atoms with Crippen molar-refractivity contribution in [3.63, 3.8) is 0 Å². The van der Waals surface area contributed by atoms with Crippen LogP contribution < -0.4 is 5.32 Å². The van der Waals surface area contributed by atoms with Gasteiger partial charge in [0.1, 0.15) is 12.1 Å². The average molecular weight is 458 g/mol. The van der Waals surface area contributed by atoms with Gasteiger partial charge in [-0.2, -0.15) is 0 Å². The first kappa shape index (κ1) is 22.1. The normalized spacial score (nSPS) is 21.2. The second-order valence-corrected chi connectivity index (χ2v) is 8.85. The van der Waals surface area contributed by atoms with Gasteiger partial charge in [-0.05, 0) is 35.4 Å². The zero-order valence-corrected chi connectivity index (χ0v) is 19.0. The number of nitrogens with zero attached hydrogens (tertiary/aromatic N) is 2. The Balaban J connectivity index is 1.25. The van der Waals surface area contributed by atoms with Gasteiger partial charge in [-0.15, -0.1) is 0 Å². The second-order valence-electron chi connectivity index (χ2n) is 8.85. The highest BCUT2D eigenvalue weighted by Gasteiger charge is 2.46. The van der Waals surface area contributed by atoms with Crippen LogP contribution in [0.1, 0.15) is 22.8 Å². The molecule has 2 aliphatic rings. The fourth-order valence-electron chi connectivity index (χ4n) is 4.67. The number of carbonyl (C=O) groups excluding carboxylic acids is 3. The van der Waals surface area contributed by atoms with E-state index in [9.17, 15) is 14.4 Å². The first-order valence-corrected chi connectivity index (χ1v) is 11.6. The predicted molar refractivity (Wildman–Crippen MR) is 128 cm³/mol. The molecule has 0 aliphatic carbocycles. The molecule has 0 aromatic heterocycles. The van der Waals surface area contributed by atoms with Crippen molar-refractivity contribution < 1.29 is 19.1 Å². The Labute approximate surface area is 198 Å². The summed E-state index contributed by atoms with van der Waals surface area (Å²) >= 11 is 0. The lowest BCUT2D eigenvalue weighted by atomic mass is 10.00. The number of benzene rings is 3. The Bertz CT molecular complexity index is 1230. The minimum Gasteiger partial charge on any atom is -0.371 e. The first-order valence-electron chi connectivity index (χ1n) is 11.6. The fraction of sp³-hybridized carbons (Fsp3) is 0.296. The third kappa shape index (κ3) is 4.26. The van der Waals surface area contributed by atoms with E-state index in [1.54, 1.807) is 16.7 Å². The largest absolute Gasteiger partial charge is 0.371 e. The van der Waals surface area contributed by atoms with Gasteiger partial charge in [0.25, 0.3) is 5.91 Å². The van der Waals surface area contributed by atoms with E-state index in [1.165, 1.54) is 0 Å². The Hall–Kier alpha value is -3.71. The maximum absolute atomic E-state index is 13.2. The molecular weight excluding hydrogens is 430 g/mol. The molecule has 2 aliphatic heterocycles. The van der Waals surface area contributed by atoms with Gasteiger partial charge in [-0.25, -0.2) is 0 Å². The van der Waals surface area contributed by atoms with Gasteiger partial charge in [0.2, 0.25) is 11.8 Å². The summed E-state index contributed by atoms with van der Waals surface area (Å²) < 4.78 is 5.89. The summed E-state index contributed by atoms with van der Waals surface area (Å²) in [5.74, 6) is -0.550. The van der Waals surface area contributed by atoms with E-state index in [2.05, 4.69) is 5.32 Å². The average Bonchev–Trinajstić information content (AvgIpc) is 2.89. The topological polar surface area (TPSA) is 79.0 Å². The molecule has 1 N–H and O–H groups in total. The van der Waals surface area contributed by atoms with Crippen molar-refractivity contribution in [3.05, 3.63) is 83.9 Å². The van der Waals surface area contributed by atoms with Crippen LogP contribution in [0.15, 0.2) is 72.8 Å². The molecule has 2 saturated heterocycles. The van der Waals surface area contributed by atoms with E-state index in [0.717, 1.165) is 16.3 Å². The van der Waals surface area contributed by atoms with Crippen molar-refractivity contribution >= 4 is 28.5 Å². The highest BCUT2D eigenvalue weighted by molar-refractivity contribution is 6.01. The van der Waals surface area contributed by atoms with Gasteiger partial charge < -0.3 is 19.9 Å². The minimum absolute atomic E-state index is 0.132. The van der Waals surface area contributed by atoms with E-state index in [0.29, 0.717) is 25.3 Å². The molecule has 34 heavy (non-hydrogen) atoms. The monoisotopic (exact) mass is 457 g/mol. The molecule has 5 rings (SSSR count). The zero-order valence-electron chi connectivity index (χ0n) is 19.0. The van der Waals surface area contributed by atoms with Crippen molar-refractivity contribution in [1.29, 1.82) is 0 Å². The third-order valence-electron chi connectivity index (χ3n) is 6.64. The number of fused-ring (bicyclic) bond motifs is 2. The smallest absolute Gasteiger partial charge is 0.254 e. The molecule has 0 saturated carbocycles. The Morgan fingerprint density at radius 3 is 2.53 bits per heavy atom. The molecule has 174 valence electrons. The quantitative estimate of drug-likeness (QED) is 0.639. The minimum atomic E-state index is -0.741. The van der Waals surface area contributed by atoms with Crippen LogP contribution >= 0.6 is 0 Å². The van der Waals surface area contributed by atoms with Crippen molar-refractivity contribution in [2.75, 3.05) is 19.6 Å². The maximum atomic E-state index is 13.2. The summed E-state index contributed by atoms with van der Waals surface area (Å²) in [6, 6.07) is 21.8. The van der Waals surface area contributed by atoms with E-state index >= 15 is 0 Å². The van der Waals surface area contributed by atoms with Crippen molar-refractivity contribution in [2.24, 2.45) is 0 Å². The number of amides is 3. The number of hydrogen-bond donors (Lipinski definition) is 1. The van der Waals surface area contributed by atoms with E-state index in [-0.39, 0.29) is 24.3 Å². The van der Waals surface area contributed by atoms with Crippen molar-refractivity contribution in [3.8, 4) is 0 Å². The van der Waals surface area contributed by atoms with Gasteiger partial charge in [-0.3, -0.25) is 14.4 Å². The third-order valence-corrected chi connectivity index (χ3v) is 6.64. The Morgan fingerprint density at radius 2 is 1.74 bits per heavy atom. The van der Waals surface area contributed by atoms with E-state index in [4.69, 9.17) is 4.74 Å². The Morgan fingerprint density at radius 1 is 1.00 bits per heavy atom. The number of piperazine rings is 2. The van der Waals surface area contributed by atoms with Crippen LogP contribution in [-0.2, 0) is 20.9 Å². The standard InChI is InChI=1S/C27H27N3O4/c1-18(34-17-19-7-3-2-4-8-19)24-27(33)30-14-13-29(16-23(30)25(31)28-24)26(32)22-12-11-20-9-5-6-10-21(20)15-22/h2-12,15,18,23-24H,13-14,16-17H2,1H3,(H,28,31)/t18-,23-,24+/m1/s1. The summed E-state index contributed by atoms with van der Waals surface area (Å²) in [5.41, 5.74) is 1.58. The second kappa shape index (κ2) is 9.27. The van der Waals surface area contributed by atoms with Gasteiger partial charge in [-0.1, -0.05) is 60.7 Å². The SMILES string of the molecule is C[C@@H](OCc1ccccc1)[C@@H]1NC(=O)[C@H]2CN(C(=O)c3ccc4ccccc4c3)CCN2C1=O. The molecule has 7 nitrogen and oxygen atoms in total. The molecule has 0 bridgehead atoms. The van der Waals surface area contributed by atoms with Crippen molar-refractivity contribution in [2.45, 2.75) is 31.7 Å². The van der Waals surface area contributed by atoms with Crippen molar-refractivity contribution in [1.82, 2.24) is 15.1 Å². The summed E-state index contributed by atoms with van der Waals surface area (Å²) in [5, 5.41) is 4.89. The first-order chi connectivity index (χ1) is 16.5. The number of nitrogens with one attached hydrogen (secondary N) is 1. The highest BCUT2D eigenvalue weighted by Crippen LogP contribution is 2.22. The molecule has 3 aromatic rings. The number of carbonyl (C=O) groups is 3. The number of hydrogen-bond acceptors (Lipinski definition) is 4. The summed E-state index contributed by atoms with van der Waals surface area (Å²) in [6.45, 7) is 3.03. The highest BCUT2D eigenvalue weighted by atomic mass is 16.5. The molecular formula is C27H27N3O4. The predicted octanol–water partition coefficient (Wildman–Crippen LogP) is 2.60. The lowest BCUT2D eigenvalue weighted by Gasteiger charge is -2.46.